The van der Waals surface area contributed by atoms with E-state index in [4.69, 9.17) is 4.42 Å². The van der Waals surface area contributed by atoms with Crippen molar-refractivity contribution < 1.29 is 13.6 Å². The second-order valence-electron chi connectivity index (χ2n) is 7.10. The molecule has 4 rings (SSSR count). The second kappa shape index (κ2) is 8.35. The van der Waals surface area contributed by atoms with E-state index >= 15 is 0 Å². The zero-order valence-corrected chi connectivity index (χ0v) is 17.3. The zero-order valence-electron chi connectivity index (χ0n) is 17.3. The van der Waals surface area contributed by atoms with Gasteiger partial charge in [-0.3, -0.25) is 9.36 Å². The monoisotopic (exact) mass is 431 g/mol. The number of hydrogen-bond donors (Lipinski definition) is 1. The minimum absolute atomic E-state index is 0.0279. The van der Waals surface area contributed by atoms with Crippen molar-refractivity contribution in [3.63, 3.8) is 0 Å². The third-order valence-electron chi connectivity index (χ3n) is 5.09. The molecule has 9 heteroatoms. The summed E-state index contributed by atoms with van der Waals surface area (Å²) in [5.41, 5.74) is 3.06. The molecule has 0 bridgehead atoms. The van der Waals surface area contributed by atoms with Gasteiger partial charge < -0.3 is 9.73 Å². The van der Waals surface area contributed by atoms with E-state index in [2.05, 4.69) is 16.5 Å². The van der Waals surface area contributed by atoms with E-state index in [1.807, 2.05) is 37.3 Å². The lowest BCUT2D eigenvalue weighted by atomic mass is 10.2. The normalized spacial score (nSPS) is 10.7. The molecular weight excluding hydrogens is 413 g/mol. The molecule has 0 saturated heterocycles. The number of benzene rings is 2. The number of carbonyl (C=O) groups is 1. The lowest BCUT2D eigenvalue weighted by molar-refractivity contribution is -0.117. The van der Waals surface area contributed by atoms with Crippen molar-refractivity contribution in [3.05, 3.63) is 87.8 Å². The summed E-state index contributed by atoms with van der Waals surface area (Å²) < 4.78 is 20.9. The van der Waals surface area contributed by atoms with Crippen LogP contribution in [-0.2, 0) is 11.3 Å². The Kier molecular flexibility index (Phi) is 5.43. The van der Waals surface area contributed by atoms with E-state index in [9.17, 15) is 19.2 Å². The van der Waals surface area contributed by atoms with Gasteiger partial charge in [-0.15, -0.1) is 5.10 Å². The molecule has 8 nitrogen and oxygen atoms in total. The first-order valence-electron chi connectivity index (χ1n) is 9.70. The summed E-state index contributed by atoms with van der Waals surface area (Å²) in [5, 5.41) is 16.4. The average Bonchev–Trinajstić information content (AvgIpc) is 3.25. The van der Waals surface area contributed by atoms with Gasteiger partial charge in [0.05, 0.1) is 5.56 Å². The van der Waals surface area contributed by atoms with E-state index in [0.29, 0.717) is 16.9 Å². The summed E-state index contributed by atoms with van der Waals surface area (Å²) in [4.78, 5) is 24.9. The van der Waals surface area contributed by atoms with E-state index in [1.54, 1.807) is 11.5 Å². The van der Waals surface area contributed by atoms with Gasteiger partial charge in [-0.05, 0) is 55.8 Å². The largest absolute Gasteiger partial charge is 0.437 e. The Balaban J connectivity index is 1.63. The van der Waals surface area contributed by atoms with Crippen molar-refractivity contribution in [1.82, 2.24) is 14.3 Å². The van der Waals surface area contributed by atoms with Crippen molar-refractivity contribution in [2.24, 2.45) is 0 Å². The molecule has 0 aliphatic carbocycles. The molecule has 0 saturated carbocycles. The maximum absolute atomic E-state index is 13.1. The third-order valence-corrected chi connectivity index (χ3v) is 5.09. The molecule has 32 heavy (non-hydrogen) atoms. The van der Waals surface area contributed by atoms with E-state index in [-0.39, 0.29) is 5.89 Å². The highest BCUT2D eigenvalue weighted by Crippen LogP contribution is 2.29. The highest BCUT2D eigenvalue weighted by atomic mass is 19.1. The number of rotatable bonds is 5. The maximum atomic E-state index is 13.1. The SMILES string of the molecule is Cc1c(C#N)c(NC(=O)Cn2nc(-c3ccc(F)cc3)oc2=O)n(-c2ccccc2)c1C. The number of para-hydroxylation sites is 1. The van der Waals surface area contributed by atoms with Crippen LogP contribution in [0.2, 0.25) is 0 Å². The van der Waals surface area contributed by atoms with Crippen LogP contribution in [-0.4, -0.2) is 20.3 Å². The van der Waals surface area contributed by atoms with Gasteiger partial charge in [-0.25, -0.2) is 9.18 Å². The van der Waals surface area contributed by atoms with E-state index < -0.39 is 24.0 Å². The lowest BCUT2D eigenvalue weighted by Crippen LogP contribution is -2.27. The van der Waals surface area contributed by atoms with Crippen molar-refractivity contribution in [2.75, 3.05) is 5.32 Å². The van der Waals surface area contributed by atoms with Crippen molar-refractivity contribution in [2.45, 2.75) is 20.4 Å². The van der Waals surface area contributed by atoms with Gasteiger partial charge in [0, 0.05) is 16.9 Å². The zero-order chi connectivity index (χ0) is 22.8. The highest BCUT2D eigenvalue weighted by Gasteiger charge is 2.21. The fourth-order valence-electron chi connectivity index (χ4n) is 3.38. The van der Waals surface area contributed by atoms with Crippen LogP contribution in [0, 0.1) is 31.0 Å². The van der Waals surface area contributed by atoms with Crippen LogP contribution in [0.15, 0.2) is 63.8 Å². The van der Waals surface area contributed by atoms with Crippen molar-refractivity contribution in [1.29, 1.82) is 5.26 Å². The highest BCUT2D eigenvalue weighted by molar-refractivity contribution is 5.92. The summed E-state index contributed by atoms with van der Waals surface area (Å²) in [6, 6.07) is 16.7. The standard InChI is InChI=1S/C23H18FN5O3/c1-14-15(2)29(18-6-4-3-5-7-18)21(19(14)12-25)26-20(30)13-28-23(31)32-22(27-28)16-8-10-17(24)11-9-16/h3-11H,13H2,1-2H3,(H,26,30). The quantitative estimate of drug-likeness (QED) is 0.520. The molecule has 0 fully saturated rings. The lowest BCUT2D eigenvalue weighted by Gasteiger charge is -2.13. The molecule has 0 spiro atoms. The number of nitriles is 1. The van der Waals surface area contributed by atoms with Crippen LogP contribution < -0.4 is 11.1 Å². The molecule has 2 heterocycles. The van der Waals surface area contributed by atoms with Crippen LogP contribution in [0.25, 0.3) is 17.1 Å². The molecule has 0 radical (unpaired) electrons. The van der Waals surface area contributed by atoms with Crippen LogP contribution in [0.4, 0.5) is 10.2 Å². The molecular formula is C23H18FN5O3. The molecule has 0 aliphatic heterocycles. The van der Waals surface area contributed by atoms with Gasteiger partial charge in [0.1, 0.15) is 24.2 Å². The fourth-order valence-corrected chi connectivity index (χ4v) is 3.38. The molecule has 160 valence electrons. The summed E-state index contributed by atoms with van der Waals surface area (Å²) in [6.07, 6.45) is 0. The Morgan fingerprint density at radius 3 is 2.50 bits per heavy atom. The molecule has 0 atom stereocenters. The minimum Gasteiger partial charge on any atom is -0.388 e. The van der Waals surface area contributed by atoms with Crippen LogP contribution >= 0.6 is 0 Å². The number of aromatic nitrogens is 3. The number of hydrogen-bond acceptors (Lipinski definition) is 5. The molecule has 0 unspecified atom stereocenters. The van der Waals surface area contributed by atoms with Gasteiger partial charge in [0.15, 0.2) is 0 Å². The molecule has 2 aromatic carbocycles. The van der Waals surface area contributed by atoms with Crippen LogP contribution in [0.5, 0.6) is 0 Å². The van der Waals surface area contributed by atoms with Crippen LogP contribution in [0.3, 0.4) is 0 Å². The number of nitrogens with zero attached hydrogens (tertiary/aromatic N) is 4. The number of nitrogens with one attached hydrogen (secondary N) is 1. The molecule has 2 aromatic heterocycles. The number of anilines is 1. The summed E-state index contributed by atoms with van der Waals surface area (Å²) in [5.74, 6) is -1.54. The smallest absolute Gasteiger partial charge is 0.388 e. The number of carbonyl (C=O) groups excluding carboxylic acids is 1. The Morgan fingerprint density at radius 1 is 1.16 bits per heavy atom. The summed E-state index contributed by atoms with van der Waals surface area (Å²) in [6.45, 7) is 3.24. The van der Waals surface area contributed by atoms with Gasteiger partial charge in [0.25, 0.3) is 0 Å². The van der Waals surface area contributed by atoms with Gasteiger partial charge >= 0.3 is 5.76 Å². The van der Waals surface area contributed by atoms with Gasteiger partial charge in [0.2, 0.25) is 11.8 Å². The number of halogens is 1. The second-order valence-corrected chi connectivity index (χ2v) is 7.10. The number of amides is 1. The summed E-state index contributed by atoms with van der Waals surface area (Å²) >= 11 is 0. The van der Waals surface area contributed by atoms with Crippen LogP contribution in [0.1, 0.15) is 16.8 Å². The minimum atomic E-state index is -0.828. The predicted octanol–water partition coefficient (Wildman–Crippen LogP) is 3.56. The first-order chi connectivity index (χ1) is 15.4. The molecule has 1 amide bonds. The first kappa shape index (κ1) is 20.8. The fraction of sp³-hybridized carbons (Fsp3) is 0.130. The Bertz CT molecular complexity index is 1390. The summed E-state index contributed by atoms with van der Waals surface area (Å²) in [7, 11) is 0. The molecule has 1 N–H and O–H groups in total. The average molecular weight is 431 g/mol. The van der Waals surface area contributed by atoms with Gasteiger partial charge in [-0.1, -0.05) is 18.2 Å². The van der Waals surface area contributed by atoms with Crippen molar-refractivity contribution in [3.8, 4) is 23.2 Å². The van der Waals surface area contributed by atoms with Gasteiger partial charge in [-0.2, -0.15) is 9.94 Å². The first-order valence-corrected chi connectivity index (χ1v) is 9.70. The topological polar surface area (TPSA) is 106 Å². The predicted molar refractivity (Wildman–Crippen MR) is 115 cm³/mol. The maximum Gasteiger partial charge on any atom is 0.437 e. The van der Waals surface area contributed by atoms with E-state index in [1.165, 1.54) is 24.3 Å². The third kappa shape index (κ3) is 3.81. The Hall–Kier alpha value is -4.45. The van der Waals surface area contributed by atoms with Crippen molar-refractivity contribution >= 4 is 11.7 Å². The molecule has 0 aliphatic rings. The Labute approximate surface area is 182 Å². The molecule has 4 aromatic rings. The van der Waals surface area contributed by atoms with E-state index in [0.717, 1.165) is 21.6 Å². The Morgan fingerprint density at radius 2 is 1.84 bits per heavy atom.